The largest absolute Gasteiger partial charge is 0.127 e. The maximum absolute atomic E-state index is 5.61. The number of hydrogen-bond acceptors (Lipinski definition) is 0. The summed E-state index contributed by atoms with van der Waals surface area (Å²) in [5.41, 5.74) is 0. The second-order valence-corrected chi connectivity index (χ2v) is 2.92. The third kappa shape index (κ3) is 4.77. The summed E-state index contributed by atoms with van der Waals surface area (Å²) in [5, 5.41) is 0. The number of alkyl halides is 1. The third-order valence-electron chi connectivity index (χ3n) is 1.79. The second kappa shape index (κ2) is 6.41. The van der Waals surface area contributed by atoms with Gasteiger partial charge in [-0.1, -0.05) is 33.1 Å². The first-order chi connectivity index (χ1) is 4.35. The monoisotopic (exact) mass is 148 g/mol. The van der Waals surface area contributed by atoms with Gasteiger partial charge in [0.05, 0.1) is 0 Å². The molecule has 0 heterocycles. The number of rotatable bonds is 5. The van der Waals surface area contributed by atoms with Crippen molar-refractivity contribution in [3.05, 3.63) is 0 Å². The molecule has 0 unspecified atom stereocenters. The molecule has 0 aliphatic rings. The molecular formula is C8H17Cl. The molecule has 0 amide bonds. The smallest absolute Gasteiger partial charge is 0.0226 e. The zero-order chi connectivity index (χ0) is 7.11. The second-order valence-electron chi connectivity index (χ2n) is 2.54. The lowest BCUT2D eigenvalue weighted by atomic mass is 9.98. The fourth-order valence-electron chi connectivity index (χ4n) is 1.12. The molecule has 0 saturated carbocycles. The highest BCUT2D eigenvalue weighted by molar-refractivity contribution is 6.17. The molecule has 0 fully saturated rings. The molecule has 0 rings (SSSR count). The molecule has 0 aliphatic carbocycles. The van der Waals surface area contributed by atoms with E-state index in [1.807, 2.05) is 0 Å². The fourth-order valence-corrected chi connectivity index (χ4v) is 1.42. The molecule has 0 N–H and O–H groups in total. The van der Waals surface area contributed by atoms with E-state index in [0.717, 1.165) is 11.8 Å². The van der Waals surface area contributed by atoms with Crippen LogP contribution in [0.4, 0.5) is 0 Å². The van der Waals surface area contributed by atoms with E-state index in [2.05, 4.69) is 13.8 Å². The Morgan fingerprint density at radius 2 is 1.89 bits per heavy atom. The van der Waals surface area contributed by atoms with E-state index in [9.17, 15) is 0 Å². The first kappa shape index (κ1) is 9.29. The van der Waals surface area contributed by atoms with Crippen LogP contribution < -0.4 is 0 Å². The van der Waals surface area contributed by atoms with Crippen molar-refractivity contribution in [1.29, 1.82) is 0 Å². The van der Waals surface area contributed by atoms with Crippen molar-refractivity contribution < 1.29 is 0 Å². The van der Waals surface area contributed by atoms with Crippen molar-refractivity contribution in [1.82, 2.24) is 0 Å². The maximum Gasteiger partial charge on any atom is 0.0226 e. The SMILES string of the molecule is CCC[C@H](CC)CCCl. The summed E-state index contributed by atoms with van der Waals surface area (Å²) in [6.07, 6.45) is 5.14. The van der Waals surface area contributed by atoms with E-state index in [-0.39, 0.29) is 0 Å². The quantitative estimate of drug-likeness (QED) is 0.524. The van der Waals surface area contributed by atoms with Gasteiger partial charge in [0.15, 0.2) is 0 Å². The van der Waals surface area contributed by atoms with Crippen molar-refractivity contribution in [3.63, 3.8) is 0 Å². The Morgan fingerprint density at radius 3 is 2.22 bits per heavy atom. The predicted octanol–water partition coefficient (Wildman–Crippen LogP) is 3.44. The summed E-state index contributed by atoms with van der Waals surface area (Å²) in [6.45, 7) is 4.48. The van der Waals surface area contributed by atoms with Crippen molar-refractivity contribution in [2.45, 2.75) is 39.5 Å². The molecule has 1 atom stereocenters. The lowest BCUT2D eigenvalue weighted by molar-refractivity contribution is 0.453. The number of halogens is 1. The zero-order valence-corrected chi connectivity index (χ0v) is 7.25. The maximum atomic E-state index is 5.61. The standard InChI is InChI=1S/C8H17Cl/c1-3-5-8(4-2)6-7-9/h8H,3-7H2,1-2H3/t8-/m0/s1. The summed E-state index contributed by atoms with van der Waals surface area (Å²) in [6, 6.07) is 0. The van der Waals surface area contributed by atoms with Gasteiger partial charge in [-0.05, 0) is 12.3 Å². The highest BCUT2D eigenvalue weighted by Gasteiger charge is 2.01. The molecule has 0 bridgehead atoms. The lowest BCUT2D eigenvalue weighted by Gasteiger charge is -2.09. The van der Waals surface area contributed by atoms with Gasteiger partial charge in [0.2, 0.25) is 0 Å². The first-order valence-corrected chi connectivity index (χ1v) is 4.44. The Balaban J connectivity index is 3.18. The Labute approximate surface area is 63.6 Å². The van der Waals surface area contributed by atoms with E-state index < -0.39 is 0 Å². The van der Waals surface area contributed by atoms with Gasteiger partial charge in [-0.15, -0.1) is 11.6 Å². The Kier molecular flexibility index (Phi) is 6.62. The molecule has 0 aromatic heterocycles. The van der Waals surface area contributed by atoms with Crippen LogP contribution in [0, 0.1) is 5.92 Å². The first-order valence-electron chi connectivity index (χ1n) is 3.91. The molecule has 0 aromatic carbocycles. The Hall–Kier alpha value is 0.290. The minimum absolute atomic E-state index is 0.832. The van der Waals surface area contributed by atoms with Gasteiger partial charge < -0.3 is 0 Å². The molecule has 9 heavy (non-hydrogen) atoms. The van der Waals surface area contributed by atoms with Crippen molar-refractivity contribution in [3.8, 4) is 0 Å². The molecule has 0 saturated heterocycles. The molecule has 1 heteroatoms. The van der Waals surface area contributed by atoms with Gasteiger partial charge in [0, 0.05) is 5.88 Å². The van der Waals surface area contributed by atoms with Gasteiger partial charge in [0.1, 0.15) is 0 Å². The van der Waals surface area contributed by atoms with Gasteiger partial charge in [-0.25, -0.2) is 0 Å². The van der Waals surface area contributed by atoms with Gasteiger partial charge >= 0.3 is 0 Å². The Bertz CT molecular complexity index is 46.5. The van der Waals surface area contributed by atoms with Crippen LogP contribution >= 0.6 is 11.6 Å². The van der Waals surface area contributed by atoms with E-state index >= 15 is 0 Å². The molecule has 0 aromatic rings. The van der Waals surface area contributed by atoms with Crippen LogP contribution in [-0.2, 0) is 0 Å². The van der Waals surface area contributed by atoms with Gasteiger partial charge in [0.25, 0.3) is 0 Å². The van der Waals surface area contributed by atoms with Crippen LogP contribution in [-0.4, -0.2) is 5.88 Å². The van der Waals surface area contributed by atoms with Gasteiger partial charge in [-0.3, -0.25) is 0 Å². The van der Waals surface area contributed by atoms with Crippen LogP contribution in [0.3, 0.4) is 0 Å². The van der Waals surface area contributed by atoms with Crippen LogP contribution in [0.1, 0.15) is 39.5 Å². The van der Waals surface area contributed by atoms with Crippen molar-refractivity contribution >= 4 is 11.6 Å². The summed E-state index contributed by atoms with van der Waals surface area (Å²) in [4.78, 5) is 0. The fraction of sp³-hybridized carbons (Fsp3) is 1.00. The molecule has 0 nitrogen and oxygen atoms in total. The molecular weight excluding hydrogens is 132 g/mol. The summed E-state index contributed by atoms with van der Waals surface area (Å²) in [7, 11) is 0. The minimum Gasteiger partial charge on any atom is -0.127 e. The third-order valence-corrected chi connectivity index (χ3v) is 2.01. The highest BCUT2D eigenvalue weighted by atomic mass is 35.5. The molecule has 0 radical (unpaired) electrons. The van der Waals surface area contributed by atoms with E-state index in [1.54, 1.807) is 0 Å². The van der Waals surface area contributed by atoms with Crippen LogP contribution in [0.2, 0.25) is 0 Å². The lowest BCUT2D eigenvalue weighted by Crippen LogP contribution is -1.98. The van der Waals surface area contributed by atoms with Crippen molar-refractivity contribution in [2.75, 3.05) is 5.88 Å². The van der Waals surface area contributed by atoms with E-state index in [1.165, 1.54) is 25.7 Å². The topological polar surface area (TPSA) is 0 Å². The van der Waals surface area contributed by atoms with Crippen LogP contribution in [0.5, 0.6) is 0 Å². The molecule has 56 valence electrons. The summed E-state index contributed by atoms with van der Waals surface area (Å²) >= 11 is 5.61. The predicted molar refractivity (Wildman–Crippen MR) is 44.0 cm³/mol. The van der Waals surface area contributed by atoms with E-state index in [4.69, 9.17) is 11.6 Å². The summed E-state index contributed by atoms with van der Waals surface area (Å²) in [5.74, 6) is 1.71. The zero-order valence-electron chi connectivity index (χ0n) is 6.49. The van der Waals surface area contributed by atoms with E-state index in [0.29, 0.717) is 0 Å². The normalized spacial score (nSPS) is 13.7. The number of hydrogen-bond donors (Lipinski definition) is 0. The molecule has 0 aliphatic heterocycles. The summed E-state index contributed by atoms with van der Waals surface area (Å²) < 4.78 is 0. The van der Waals surface area contributed by atoms with Gasteiger partial charge in [-0.2, -0.15) is 0 Å². The Morgan fingerprint density at radius 1 is 1.22 bits per heavy atom. The van der Waals surface area contributed by atoms with Crippen molar-refractivity contribution in [2.24, 2.45) is 5.92 Å². The average Bonchev–Trinajstić information content (AvgIpc) is 1.88. The van der Waals surface area contributed by atoms with Crippen LogP contribution in [0.15, 0.2) is 0 Å². The van der Waals surface area contributed by atoms with Crippen LogP contribution in [0.25, 0.3) is 0 Å². The average molecular weight is 149 g/mol. The highest BCUT2D eigenvalue weighted by Crippen LogP contribution is 2.14. The molecule has 0 spiro atoms. The minimum atomic E-state index is 0.832.